The first-order valence-corrected chi connectivity index (χ1v) is 10.7. The summed E-state index contributed by atoms with van der Waals surface area (Å²) in [5, 5.41) is 5.72. The molecule has 1 aliphatic rings. The van der Waals surface area contributed by atoms with Gasteiger partial charge in [-0.25, -0.2) is 0 Å². The fourth-order valence-electron chi connectivity index (χ4n) is 3.62. The standard InChI is InChI=1S/C23H32N4O3/c1-19-6-2-7-20(18-19)27-15-13-26(14-16-27)12-5-11-24-22(28)9-3-10-25-23(29)21-8-4-17-30-21/h2,4,6-8,17-18H,3,5,9-16H2,1H3,(H,24,28)(H,25,29). The molecule has 0 atom stereocenters. The van der Waals surface area contributed by atoms with Crippen LogP contribution in [0.25, 0.3) is 0 Å². The maximum Gasteiger partial charge on any atom is 0.286 e. The van der Waals surface area contributed by atoms with Crippen molar-refractivity contribution in [3.8, 4) is 0 Å². The molecular formula is C23H32N4O3. The molecule has 1 aromatic carbocycles. The molecule has 0 spiro atoms. The van der Waals surface area contributed by atoms with Crippen LogP contribution in [0, 0.1) is 6.92 Å². The molecule has 3 rings (SSSR count). The molecule has 0 bridgehead atoms. The van der Waals surface area contributed by atoms with Crippen LogP contribution in [0.15, 0.2) is 47.1 Å². The van der Waals surface area contributed by atoms with Crippen molar-refractivity contribution in [3.63, 3.8) is 0 Å². The Balaban J connectivity index is 1.21. The Bertz CT molecular complexity index is 799. The molecule has 0 saturated carbocycles. The molecule has 0 unspecified atom stereocenters. The van der Waals surface area contributed by atoms with Crippen molar-refractivity contribution >= 4 is 17.5 Å². The van der Waals surface area contributed by atoms with Crippen LogP contribution in [-0.4, -0.2) is 62.5 Å². The van der Waals surface area contributed by atoms with E-state index in [0.717, 1.165) is 39.1 Å². The van der Waals surface area contributed by atoms with Crippen LogP contribution in [0.4, 0.5) is 5.69 Å². The van der Waals surface area contributed by atoms with Crippen molar-refractivity contribution in [1.29, 1.82) is 0 Å². The monoisotopic (exact) mass is 412 g/mol. The van der Waals surface area contributed by atoms with E-state index < -0.39 is 0 Å². The Hall–Kier alpha value is -2.80. The van der Waals surface area contributed by atoms with Crippen molar-refractivity contribution in [2.75, 3.05) is 50.7 Å². The number of furan rings is 1. The molecule has 0 radical (unpaired) electrons. The molecule has 0 aliphatic carbocycles. The van der Waals surface area contributed by atoms with E-state index in [1.807, 2.05) is 0 Å². The normalized spacial score (nSPS) is 14.5. The number of rotatable bonds is 10. The van der Waals surface area contributed by atoms with Gasteiger partial charge >= 0.3 is 0 Å². The maximum absolute atomic E-state index is 11.9. The topological polar surface area (TPSA) is 77.8 Å². The van der Waals surface area contributed by atoms with Gasteiger partial charge < -0.3 is 20.0 Å². The van der Waals surface area contributed by atoms with Crippen molar-refractivity contribution < 1.29 is 14.0 Å². The first-order chi connectivity index (χ1) is 14.6. The molecule has 2 amide bonds. The summed E-state index contributed by atoms with van der Waals surface area (Å²) in [6.07, 6.45) is 3.44. The van der Waals surface area contributed by atoms with Gasteiger partial charge in [-0.15, -0.1) is 0 Å². The van der Waals surface area contributed by atoms with E-state index in [1.54, 1.807) is 12.1 Å². The van der Waals surface area contributed by atoms with Crippen LogP contribution in [0.1, 0.15) is 35.4 Å². The zero-order valence-corrected chi connectivity index (χ0v) is 17.7. The zero-order valence-electron chi connectivity index (χ0n) is 17.7. The highest BCUT2D eigenvalue weighted by atomic mass is 16.3. The Morgan fingerprint density at radius 3 is 2.53 bits per heavy atom. The number of anilines is 1. The fraction of sp³-hybridized carbons (Fsp3) is 0.478. The minimum absolute atomic E-state index is 0.0338. The van der Waals surface area contributed by atoms with Gasteiger partial charge in [0, 0.05) is 51.4 Å². The summed E-state index contributed by atoms with van der Waals surface area (Å²) in [6, 6.07) is 12.0. The van der Waals surface area contributed by atoms with Gasteiger partial charge in [0.15, 0.2) is 5.76 Å². The number of nitrogens with zero attached hydrogens (tertiary/aromatic N) is 2. The lowest BCUT2D eigenvalue weighted by Crippen LogP contribution is -2.47. The SMILES string of the molecule is Cc1cccc(N2CCN(CCCNC(=O)CCCNC(=O)c3ccco3)CC2)c1. The third kappa shape index (κ3) is 6.91. The molecular weight excluding hydrogens is 380 g/mol. The number of carbonyl (C=O) groups is 2. The van der Waals surface area contributed by atoms with Gasteiger partial charge in [-0.2, -0.15) is 0 Å². The molecule has 1 aromatic heterocycles. The van der Waals surface area contributed by atoms with Crippen molar-refractivity contribution in [3.05, 3.63) is 54.0 Å². The lowest BCUT2D eigenvalue weighted by atomic mass is 10.2. The number of aryl methyl sites for hydroxylation is 1. The third-order valence-electron chi connectivity index (χ3n) is 5.32. The Kier molecular flexibility index (Phi) is 8.32. The van der Waals surface area contributed by atoms with Gasteiger partial charge in [0.25, 0.3) is 5.91 Å². The second kappa shape index (κ2) is 11.4. The Morgan fingerprint density at radius 2 is 1.80 bits per heavy atom. The number of amides is 2. The molecule has 1 aliphatic heterocycles. The predicted octanol–water partition coefficient (Wildman–Crippen LogP) is 2.43. The maximum atomic E-state index is 11.9. The summed E-state index contributed by atoms with van der Waals surface area (Å²) in [7, 11) is 0. The Labute approximate surface area is 178 Å². The average Bonchev–Trinajstić information content (AvgIpc) is 3.30. The fourth-order valence-corrected chi connectivity index (χ4v) is 3.62. The van der Waals surface area contributed by atoms with Gasteiger partial charge in [0.2, 0.25) is 5.91 Å². The number of hydrogen-bond donors (Lipinski definition) is 2. The van der Waals surface area contributed by atoms with Crippen molar-refractivity contribution in [1.82, 2.24) is 15.5 Å². The molecule has 1 fully saturated rings. The second-order valence-corrected chi connectivity index (χ2v) is 7.71. The van der Waals surface area contributed by atoms with E-state index in [4.69, 9.17) is 4.42 Å². The third-order valence-corrected chi connectivity index (χ3v) is 5.32. The minimum Gasteiger partial charge on any atom is -0.459 e. The number of benzene rings is 1. The molecule has 7 heteroatoms. The van der Waals surface area contributed by atoms with E-state index in [2.05, 4.69) is 51.6 Å². The summed E-state index contributed by atoms with van der Waals surface area (Å²) in [6.45, 7) is 8.47. The molecule has 1 saturated heterocycles. The summed E-state index contributed by atoms with van der Waals surface area (Å²) < 4.78 is 5.02. The van der Waals surface area contributed by atoms with Crippen molar-refractivity contribution in [2.45, 2.75) is 26.2 Å². The molecule has 162 valence electrons. The summed E-state index contributed by atoms with van der Waals surface area (Å²) in [4.78, 5) is 28.5. The smallest absolute Gasteiger partial charge is 0.286 e. The summed E-state index contributed by atoms with van der Waals surface area (Å²) in [5.41, 5.74) is 2.60. The van der Waals surface area contributed by atoms with Gasteiger partial charge in [-0.1, -0.05) is 12.1 Å². The van der Waals surface area contributed by atoms with Gasteiger partial charge in [0.05, 0.1) is 6.26 Å². The van der Waals surface area contributed by atoms with Gasteiger partial charge in [0.1, 0.15) is 0 Å². The summed E-state index contributed by atoms with van der Waals surface area (Å²) in [5.74, 6) is 0.0774. The zero-order chi connectivity index (χ0) is 21.2. The Morgan fingerprint density at radius 1 is 1.00 bits per heavy atom. The van der Waals surface area contributed by atoms with Gasteiger partial charge in [-0.3, -0.25) is 14.5 Å². The first kappa shape index (κ1) is 21.9. The number of carbonyl (C=O) groups excluding carboxylic acids is 2. The van der Waals surface area contributed by atoms with Crippen LogP contribution >= 0.6 is 0 Å². The van der Waals surface area contributed by atoms with E-state index in [0.29, 0.717) is 31.7 Å². The number of piperazine rings is 1. The highest BCUT2D eigenvalue weighted by Crippen LogP contribution is 2.17. The average molecular weight is 413 g/mol. The highest BCUT2D eigenvalue weighted by Gasteiger charge is 2.16. The second-order valence-electron chi connectivity index (χ2n) is 7.71. The van der Waals surface area contributed by atoms with Crippen LogP contribution < -0.4 is 15.5 Å². The quantitative estimate of drug-likeness (QED) is 0.586. The van der Waals surface area contributed by atoms with E-state index >= 15 is 0 Å². The van der Waals surface area contributed by atoms with Crippen molar-refractivity contribution in [2.24, 2.45) is 0 Å². The largest absolute Gasteiger partial charge is 0.459 e. The van der Waals surface area contributed by atoms with E-state index in [9.17, 15) is 9.59 Å². The van der Waals surface area contributed by atoms with Crippen LogP contribution in [0.3, 0.4) is 0 Å². The van der Waals surface area contributed by atoms with Gasteiger partial charge in [-0.05, 0) is 56.1 Å². The predicted molar refractivity (Wildman–Crippen MR) is 118 cm³/mol. The lowest BCUT2D eigenvalue weighted by molar-refractivity contribution is -0.121. The van der Waals surface area contributed by atoms with Crippen LogP contribution in [0.5, 0.6) is 0 Å². The van der Waals surface area contributed by atoms with E-state index in [1.165, 1.54) is 17.5 Å². The first-order valence-electron chi connectivity index (χ1n) is 10.7. The molecule has 2 N–H and O–H groups in total. The molecule has 2 heterocycles. The highest BCUT2D eigenvalue weighted by molar-refractivity contribution is 5.91. The van der Waals surface area contributed by atoms with Crippen LogP contribution in [0.2, 0.25) is 0 Å². The van der Waals surface area contributed by atoms with Crippen LogP contribution in [-0.2, 0) is 4.79 Å². The number of nitrogens with one attached hydrogen (secondary N) is 2. The lowest BCUT2D eigenvalue weighted by Gasteiger charge is -2.36. The molecule has 30 heavy (non-hydrogen) atoms. The number of hydrogen-bond acceptors (Lipinski definition) is 5. The molecule has 2 aromatic rings. The summed E-state index contributed by atoms with van der Waals surface area (Å²) >= 11 is 0. The molecule has 7 nitrogen and oxygen atoms in total. The van der Waals surface area contributed by atoms with E-state index in [-0.39, 0.29) is 11.8 Å². The minimum atomic E-state index is -0.247.